The fourth-order valence-corrected chi connectivity index (χ4v) is 6.74. The standard InChI is InChI=1S/C20H34N2O4S/c1-5-18(2,3)16(23)22-15-6-9-27(25,26)20(12-15)10-14(11-20)13-21-17(24)19(4)7-8-19/h14-15H,5-13H2,1-4H3,(H,21,24)(H,22,23). The van der Waals surface area contributed by atoms with Crippen LogP contribution >= 0.6 is 0 Å². The van der Waals surface area contributed by atoms with Crippen LogP contribution in [0.5, 0.6) is 0 Å². The van der Waals surface area contributed by atoms with Gasteiger partial charge in [-0.3, -0.25) is 9.59 Å². The zero-order valence-corrected chi connectivity index (χ0v) is 17.9. The molecule has 1 saturated heterocycles. The van der Waals surface area contributed by atoms with Crippen LogP contribution in [0.15, 0.2) is 0 Å². The van der Waals surface area contributed by atoms with Gasteiger partial charge < -0.3 is 10.6 Å². The summed E-state index contributed by atoms with van der Waals surface area (Å²) in [6.07, 6.45) is 4.81. The first-order valence-electron chi connectivity index (χ1n) is 10.2. The van der Waals surface area contributed by atoms with Crippen molar-refractivity contribution in [1.82, 2.24) is 10.6 Å². The number of nitrogens with one attached hydrogen (secondary N) is 2. The summed E-state index contributed by atoms with van der Waals surface area (Å²) in [5, 5.41) is 6.10. The third-order valence-electron chi connectivity index (χ3n) is 7.27. The molecule has 6 nitrogen and oxygen atoms in total. The number of carbonyl (C=O) groups is 2. The number of amides is 2. The van der Waals surface area contributed by atoms with Gasteiger partial charge in [0.1, 0.15) is 0 Å². The Bertz CT molecular complexity index is 718. The molecule has 0 aromatic rings. The molecule has 2 saturated carbocycles. The van der Waals surface area contributed by atoms with Gasteiger partial charge in [-0.2, -0.15) is 0 Å². The van der Waals surface area contributed by atoms with Crippen molar-refractivity contribution in [2.45, 2.75) is 83.4 Å². The Morgan fingerprint density at radius 1 is 1.15 bits per heavy atom. The third-order valence-corrected chi connectivity index (χ3v) is 9.86. The topological polar surface area (TPSA) is 92.3 Å². The number of rotatable bonds is 6. The van der Waals surface area contributed by atoms with E-state index < -0.39 is 20.0 Å². The molecule has 27 heavy (non-hydrogen) atoms. The van der Waals surface area contributed by atoms with Gasteiger partial charge in [0.25, 0.3) is 0 Å². The summed E-state index contributed by atoms with van der Waals surface area (Å²) in [7, 11) is -3.15. The molecule has 3 aliphatic rings. The lowest BCUT2D eigenvalue weighted by Gasteiger charge is -2.51. The average molecular weight is 399 g/mol. The Hall–Kier alpha value is -1.11. The number of hydrogen-bond donors (Lipinski definition) is 2. The van der Waals surface area contributed by atoms with Gasteiger partial charge in [-0.15, -0.1) is 0 Å². The minimum Gasteiger partial charge on any atom is -0.355 e. The average Bonchev–Trinajstić information content (AvgIpc) is 3.31. The minimum absolute atomic E-state index is 0.00487. The van der Waals surface area contributed by atoms with E-state index in [1.54, 1.807) is 0 Å². The van der Waals surface area contributed by atoms with Crippen molar-refractivity contribution in [2.24, 2.45) is 16.7 Å². The third kappa shape index (κ3) is 3.89. The Balaban J connectivity index is 1.56. The number of carbonyl (C=O) groups excluding carboxylic acids is 2. The fourth-order valence-electron chi connectivity index (χ4n) is 4.28. The Labute approximate surface area is 163 Å². The lowest BCUT2D eigenvalue weighted by Crippen LogP contribution is -2.60. The van der Waals surface area contributed by atoms with Gasteiger partial charge in [-0.25, -0.2) is 8.42 Å². The highest BCUT2D eigenvalue weighted by atomic mass is 32.2. The van der Waals surface area contributed by atoms with Crippen molar-refractivity contribution in [3.63, 3.8) is 0 Å². The molecule has 1 aliphatic heterocycles. The van der Waals surface area contributed by atoms with Crippen LogP contribution in [0.4, 0.5) is 0 Å². The molecule has 154 valence electrons. The van der Waals surface area contributed by atoms with Gasteiger partial charge in [-0.05, 0) is 50.9 Å². The Kier molecular flexibility index (Phi) is 5.15. The van der Waals surface area contributed by atoms with Gasteiger partial charge in [0.05, 0.1) is 10.5 Å². The van der Waals surface area contributed by atoms with E-state index in [2.05, 4.69) is 10.6 Å². The van der Waals surface area contributed by atoms with Crippen molar-refractivity contribution in [3.8, 4) is 0 Å². The van der Waals surface area contributed by atoms with Crippen LogP contribution < -0.4 is 10.6 Å². The van der Waals surface area contributed by atoms with E-state index in [9.17, 15) is 18.0 Å². The number of hydrogen-bond acceptors (Lipinski definition) is 4. The maximum Gasteiger partial charge on any atom is 0.225 e. The van der Waals surface area contributed by atoms with E-state index in [-0.39, 0.29) is 34.9 Å². The molecule has 0 radical (unpaired) electrons. The monoisotopic (exact) mass is 398 g/mol. The van der Waals surface area contributed by atoms with E-state index in [0.29, 0.717) is 32.2 Å². The summed E-state index contributed by atoms with van der Waals surface area (Å²) >= 11 is 0. The Morgan fingerprint density at radius 3 is 2.33 bits per heavy atom. The summed E-state index contributed by atoms with van der Waals surface area (Å²) < 4.78 is 24.7. The van der Waals surface area contributed by atoms with Crippen molar-refractivity contribution < 1.29 is 18.0 Å². The normalized spacial score (nSPS) is 33.8. The second-order valence-corrected chi connectivity index (χ2v) is 12.5. The molecule has 1 atom stereocenters. The van der Waals surface area contributed by atoms with Gasteiger partial charge in [0.2, 0.25) is 11.8 Å². The first-order chi connectivity index (χ1) is 12.4. The molecule has 1 spiro atoms. The second-order valence-electron chi connectivity index (χ2n) is 9.95. The van der Waals surface area contributed by atoms with Crippen LogP contribution in [0.3, 0.4) is 0 Å². The van der Waals surface area contributed by atoms with Crippen LogP contribution in [-0.4, -0.2) is 43.3 Å². The lowest BCUT2D eigenvalue weighted by molar-refractivity contribution is -0.130. The molecule has 7 heteroatoms. The van der Waals surface area contributed by atoms with Crippen molar-refractivity contribution in [3.05, 3.63) is 0 Å². The van der Waals surface area contributed by atoms with Crippen molar-refractivity contribution in [2.75, 3.05) is 12.3 Å². The SMILES string of the molecule is CCC(C)(C)C(=O)NC1CCS(=O)(=O)C2(CC(CNC(=O)C3(C)CC3)C2)C1. The highest BCUT2D eigenvalue weighted by molar-refractivity contribution is 7.92. The van der Waals surface area contributed by atoms with E-state index >= 15 is 0 Å². The van der Waals surface area contributed by atoms with Crippen LogP contribution in [0.2, 0.25) is 0 Å². The van der Waals surface area contributed by atoms with Gasteiger partial charge >= 0.3 is 0 Å². The first-order valence-corrected chi connectivity index (χ1v) is 11.9. The molecule has 2 aliphatic carbocycles. The van der Waals surface area contributed by atoms with Crippen LogP contribution in [0.1, 0.15) is 72.6 Å². The summed E-state index contributed by atoms with van der Waals surface area (Å²) in [4.78, 5) is 24.6. The summed E-state index contributed by atoms with van der Waals surface area (Å²) in [6, 6.07) is -0.0761. The van der Waals surface area contributed by atoms with Gasteiger partial charge in [0.15, 0.2) is 9.84 Å². The molecule has 3 rings (SSSR count). The van der Waals surface area contributed by atoms with Gasteiger partial charge in [0, 0.05) is 23.4 Å². The van der Waals surface area contributed by atoms with Crippen LogP contribution in [0.25, 0.3) is 0 Å². The molecule has 0 aromatic carbocycles. The highest BCUT2D eigenvalue weighted by Crippen LogP contribution is 2.50. The molecule has 1 heterocycles. The minimum atomic E-state index is -3.15. The summed E-state index contributed by atoms with van der Waals surface area (Å²) in [5.74, 6) is 0.460. The van der Waals surface area contributed by atoms with Crippen LogP contribution in [0, 0.1) is 16.7 Å². The molecule has 1 unspecified atom stereocenters. The zero-order valence-electron chi connectivity index (χ0n) is 17.1. The van der Waals surface area contributed by atoms with Crippen LogP contribution in [-0.2, 0) is 19.4 Å². The summed E-state index contributed by atoms with van der Waals surface area (Å²) in [6.45, 7) is 8.35. The largest absolute Gasteiger partial charge is 0.355 e. The maximum atomic E-state index is 12.7. The lowest BCUT2D eigenvalue weighted by atomic mass is 9.70. The fraction of sp³-hybridized carbons (Fsp3) is 0.900. The smallest absolute Gasteiger partial charge is 0.225 e. The second kappa shape index (κ2) is 6.75. The van der Waals surface area contributed by atoms with Crippen molar-refractivity contribution >= 4 is 21.7 Å². The first kappa shape index (κ1) is 20.6. The predicted octanol–water partition coefficient (Wildman–Crippen LogP) is 2.18. The highest BCUT2D eigenvalue weighted by Gasteiger charge is 2.57. The number of sulfone groups is 1. The quantitative estimate of drug-likeness (QED) is 0.717. The molecule has 0 bridgehead atoms. The molecule has 2 amide bonds. The Morgan fingerprint density at radius 2 is 1.78 bits per heavy atom. The predicted molar refractivity (Wildman–Crippen MR) is 105 cm³/mol. The molecular weight excluding hydrogens is 364 g/mol. The molecule has 0 aromatic heterocycles. The molecule has 3 fully saturated rings. The van der Waals surface area contributed by atoms with E-state index in [1.807, 2.05) is 27.7 Å². The molecule has 2 N–H and O–H groups in total. The zero-order chi connectivity index (χ0) is 20.1. The van der Waals surface area contributed by atoms with Gasteiger partial charge in [-0.1, -0.05) is 27.7 Å². The van der Waals surface area contributed by atoms with E-state index in [0.717, 1.165) is 19.3 Å². The van der Waals surface area contributed by atoms with E-state index in [4.69, 9.17) is 0 Å². The maximum absolute atomic E-state index is 12.7. The van der Waals surface area contributed by atoms with E-state index in [1.165, 1.54) is 0 Å². The van der Waals surface area contributed by atoms with Crippen molar-refractivity contribution in [1.29, 1.82) is 0 Å². The summed E-state index contributed by atoms with van der Waals surface area (Å²) in [5.41, 5.74) is -0.630. The molecular formula is C20H34N2O4S.